The highest BCUT2D eigenvalue weighted by Gasteiger charge is 2.30. The second kappa shape index (κ2) is 8.61. The fraction of sp³-hybridized carbons (Fsp3) is 0.136. The van der Waals surface area contributed by atoms with Crippen LogP contribution in [-0.4, -0.2) is 12.5 Å². The summed E-state index contributed by atoms with van der Waals surface area (Å²) in [5.41, 5.74) is 0.767. The first-order chi connectivity index (χ1) is 13.4. The smallest absolute Gasteiger partial charge is 0.416 e. The molecule has 0 saturated carbocycles. The summed E-state index contributed by atoms with van der Waals surface area (Å²) in [7, 11) is 0. The van der Waals surface area contributed by atoms with Gasteiger partial charge in [0.1, 0.15) is 5.75 Å². The first kappa shape index (κ1) is 19.5. The molecule has 1 amide bonds. The Bertz CT molecular complexity index is 923. The highest BCUT2D eigenvalue weighted by atomic mass is 19.4. The topological polar surface area (TPSA) is 38.3 Å². The van der Waals surface area contributed by atoms with Crippen molar-refractivity contribution < 1.29 is 22.7 Å². The summed E-state index contributed by atoms with van der Waals surface area (Å²) in [5, 5.41) is 2.48. The van der Waals surface area contributed by atoms with Crippen molar-refractivity contribution in [3.63, 3.8) is 0 Å². The average molecular weight is 385 g/mol. The molecule has 0 radical (unpaired) electrons. The van der Waals surface area contributed by atoms with Crippen LogP contribution in [0.15, 0.2) is 78.9 Å². The number of amides is 1. The van der Waals surface area contributed by atoms with Gasteiger partial charge in [-0.05, 0) is 48.0 Å². The lowest BCUT2D eigenvalue weighted by Gasteiger charge is -2.10. The van der Waals surface area contributed by atoms with E-state index in [1.54, 1.807) is 24.3 Å². The van der Waals surface area contributed by atoms with Crippen molar-refractivity contribution in [1.29, 1.82) is 0 Å². The molecule has 0 atom stereocenters. The molecule has 0 bridgehead atoms. The molecule has 0 fully saturated rings. The van der Waals surface area contributed by atoms with E-state index in [9.17, 15) is 18.0 Å². The minimum absolute atomic E-state index is 0.0861. The van der Waals surface area contributed by atoms with E-state index in [0.717, 1.165) is 18.6 Å². The molecule has 6 heteroatoms. The van der Waals surface area contributed by atoms with Crippen LogP contribution in [0.25, 0.3) is 0 Å². The van der Waals surface area contributed by atoms with Crippen LogP contribution in [0.1, 0.15) is 21.5 Å². The van der Waals surface area contributed by atoms with Crippen molar-refractivity contribution in [2.24, 2.45) is 0 Å². The molecule has 0 spiro atoms. The standard InChI is InChI=1S/C22H18F3NO2/c23-22(24,25)18-7-4-8-19(15-18)26-21(27)17-9-11-20(12-10-17)28-14-13-16-5-2-1-3-6-16/h1-12,15H,13-14H2,(H,26,27). The lowest BCUT2D eigenvalue weighted by atomic mass is 10.1. The summed E-state index contributed by atoms with van der Waals surface area (Å²) in [6.45, 7) is 0.500. The molecule has 0 aliphatic rings. The number of hydrogen-bond acceptors (Lipinski definition) is 2. The fourth-order valence-corrected chi connectivity index (χ4v) is 2.61. The zero-order chi connectivity index (χ0) is 20.0. The van der Waals surface area contributed by atoms with Gasteiger partial charge >= 0.3 is 6.18 Å². The number of hydrogen-bond donors (Lipinski definition) is 1. The fourth-order valence-electron chi connectivity index (χ4n) is 2.61. The van der Waals surface area contributed by atoms with Crippen LogP contribution >= 0.6 is 0 Å². The van der Waals surface area contributed by atoms with Gasteiger partial charge in [-0.3, -0.25) is 4.79 Å². The molecular formula is C22H18F3NO2. The maximum absolute atomic E-state index is 12.8. The maximum Gasteiger partial charge on any atom is 0.416 e. The highest BCUT2D eigenvalue weighted by Crippen LogP contribution is 2.30. The molecule has 0 aliphatic carbocycles. The van der Waals surface area contributed by atoms with Crippen LogP contribution in [-0.2, 0) is 12.6 Å². The Morgan fingerprint density at radius 1 is 0.893 bits per heavy atom. The maximum atomic E-state index is 12.8. The van der Waals surface area contributed by atoms with Gasteiger partial charge in [0.2, 0.25) is 0 Å². The van der Waals surface area contributed by atoms with E-state index in [2.05, 4.69) is 5.32 Å². The Balaban J connectivity index is 1.56. The molecule has 0 heterocycles. The molecule has 28 heavy (non-hydrogen) atoms. The molecular weight excluding hydrogens is 367 g/mol. The first-order valence-electron chi connectivity index (χ1n) is 8.67. The second-order valence-electron chi connectivity index (χ2n) is 6.14. The predicted molar refractivity (Wildman–Crippen MR) is 101 cm³/mol. The molecule has 1 N–H and O–H groups in total. The van der Waals surface area contributed by atoms with E-state index in [-0.39, 0.29) is 5.69 Å². The molecule has 0 aromatic heterocycles. The van der Waals surface area contributed by atoms with Crippen LogP contribution in [0.5, 0.6) is 5.75 Å². The number of rotatable bonds is 6. The van der Waals surface area contributed by atoms with Crippen LogP contribution < -0.4 is 10.1 Å². The zero-order valence-corrected chi connectivity index (χ0v) is 14.9. The summed E-state index contributed by atoms with van der Waals surface area (Å²) >= 11 is 0. The van der Waals surface area contributed by atoms with Gasteiger partial charge in [0.15, 0.2) is 0 Å². The number of ether oxygens (including phenoxy) is 1. The largest absolute Gasteiger partial charge is 0.493 e. The van der Waals surface area contributed by atoms with Crippen LogP contribution in [0, 0.1) is 0 Å². The van der Waals surface area contributed by atoms with Crippen molar-refractivity contribution >= 4 is 11.6 Å². The van der Waals surface area contributed by atoms with E-state index in [0.29, 0.717) is 17.9 Å². The van der Waals surface area contributed by atoms with Crippen molar-refractivity contribution in [3.05, 3.63) is 95.6 Å². The average Bonchev–Trinajstić information content (AvgIpc) is 2.69. The van der Waals surface area contributed by atoms with Crippen molar-refractivity contribution in [2.45, 2.75) is 12.6 Å². The van der Waals surface area contributed by atoms with Gasteiger partial charge in [-0.15, -0.1) is 0 Å². The van der Waals surface area contributed by atoms with E-state index in [1.165, 1.54) is 17.7 Å². The van der Waals surface area contributed by atoms with E-state index >= 15 is 0 Å². The van der Waals surface area contributed by atoms with Gasteiger partial charge in [-0.2, -0.15) is 13.2 Å². The molecule has 0 unspecified atom stereocenters. The number of carbonyl (C=O) groups is 1. The quantitative estimate of drug-likeness (QED) is 0.602. The van der Waals surface area contributed by atoms with Gasteiger partial charge in [0.05, 0.1) is 12.2 Å². The molecule has 3 aromatic rings. The zero-order valence-electron chi connectivity index (χ0n) is 14.9. The number of carbonyl (C=O) groups excluding carboxylic acids is 1. The molecule has 3 aromatic carbocycles. The summed E-state index contributed by atoms with van der Waals surface area (Å²) < 4.78 is 43.9. The van der Waals surface area contributed by atoms with Gasteiger partial charge < -0.3 is 10.1 Å². The van der Waals surface area contributed by atoms with Crippen molar-refractivity contribution in [2.75, 3.05) is 11.9 Å². The Labute approximate surface area is 160 Å². The molecule has 0 saturated heterocycles. The molecule has 3 rings (SSSR count). The van der Waals surface area contributed by atoms with Crippen LogP contribution in [0.4, 0.5) is 18.9 Å². The van der Waals surface area contributed by atoms with Crippen molar-refractivity contribution in [1.82, 2.24) is 0 Å². The van der Waals surface area contributed by atoms with Crippen LogP contribution in [0.2, 0.25) is 0 Å². The summed E-state index contributed by atoms with van der Waals surface area (Å²) in [4.78, 5) is 12.3. The number of benzene rings is 3. The number of halogens is 3. The third-order valence-corrected chi connectivity index (χ3v) is 4.07. The Hall–Kier alpha value is -3.28. The molecule has 144 valence electrons. The first-order valence-corrected chi connectivity index (χ1v) is 8.67. The molecule has 0 aliphatic heterocycles. The number of nitrogens with one attached hydrogen (secondary N) is 1. The third kappa shape index (κ3) is 5.36. The number of alkyl halides is 3. The monoisotopic (exact) mass is 385 g/mol. The van der Waals surface area contributed by atoms with E-state index in [1.807, 2.05) is 30.3 Å². The lowest BCUT2D eigenvalue weighted by Crippen LogP contribution is -2.13. The predicted octanol–water partition coefficient (Wildman–Crippen LogP) is 5.58. The second-order valence-corrected chi connectivity index (χ2v) is 6.14. The normalized spacial score (nSPS) is 11.1. The summed E-state index contributed by atoms with van der Waals surface area (Å²) in [6.07, 6.45) is -3.70. The van der Waals surface area contributed by atoms with Gasteiger partial charge in [0.25, 0.3) is 5.91 Å². The minimum atomic E-state index is -4.46. The van der Waals surface area contributed by atoms with E-state index < -0.39 is 17.6 Å². The summed E-state index contributed by atoms with van der Waals surface area (Å²) in [5.74, 6) is 0.127. The molecule has 3 nitrogen and oxygen atoms in total. The van der Waals surface area contributed by atoms with Crippen molar-refractivity contribution in [3.8, 4) is 5.75 Å². The van der Waals surface area contributed by atoms with E-state index in [4.69, 9.17) is 4.74 Å². The van der Waals surface area contributed by atoms with Gasteiger partial charge in [0, 0.05) is 17.7 Å². The SMILES string of the molecule is O=C(Nc1cccc(C(F)(F)F)c1)c1ccc(OCCc2ccccc2)cc1. The van der Waals surface area contributed by atoms with Gasteiger partial charge in [-0.1, -0.05) is 36.4 Å². The lowest BCUT2D eigenvalue weighted by molar-refractivity contribution is -0.137. The Morgan fingerprint density at radius 3 is 2.29 bits per heavy atom. The third-order valence-electron chi connectivity index (χ3n) is 4.07. The minimum Gasteiger partial charge on any atom is -0.493 e. The highest BCUT2D eigenvalue weighted by molar-refractivity contribution is 6.04. The Kier molecular flexibility index (Phi) is 5.99. The summed E-state index contributed by atoms with van der Waals surface area (Å²) in [6, 6.07) is 20.9. The van der Waals surface area contributed by atoms with Gasteiger partial charge in [-0.25, -0.2) is 0 Å². The Morgan fingerprint density at radius 2 is 1.61 bits per heavy atom. The van der Waals surface area contributed by atoms with Crippen LogP contribution in [0.3, 0.4) is 0 Å². The number of anilines is 1.